The average molecular weight is 208 g/mol. The molecule has 0 saturated carbocycles. The Morgan fingerprint density at radius 2 is 1.73 bits per heavy atom. The third kappa shape index (κ3) is 4.02. The quantitative estimate of drug-likeness (QED) is 0.806. The highest BCUT2D eigenvalue weighted by Gasteiger charge is 2.17. The molecule has 0 bridgehead atoms. The lowest BCUT2D eigenvalue weighted by molar-refractivity contribution is -0.0407. The molecule has 0 fully saturated rings. The van der Waals surface area contributed by atoms with Gasteiger partial charge in [-0.15, -0.1) is 0 Å². The summed E-state index contributed by atoms with van der Waals surface area (Å²) in [7, 11) is 0. The molecule has 2 atom stereocenters. The molecule has 0 radical (unpaired) electrons. The molecule has 2 unspecified atom stereocenters. The summed E-state index contributed by atoms with van der Waals surface area (Å²) in [5.41, 5.74) is 1.04. The fourth-order valence-electron chi connectivity index (χ4n) is 1.45. The largest absolute Gasteiger partial charge is 0.390 e. The average Bonchev–Trinajstić information content (AvgIpc) is 2.18. The van der Waals surface area contributed by atoms with Crippen LogP contribution in [0.2, 0.25) is 0 Å². The van der Waals surface area contributed by atoms with E-state index in [0.29, 0.717) is 12.5 Å². The van der Waals surface area contributed by atoms with Crippen LogP contribution in [0.1, 0.15) is 32.4 Å². The van der Waals surface area contributed by atoms with Gasteiger partial charge in [0.1, 0.15) is 6.10 Å². The Balaban J connectivity index is 2.66. The van der Waals surface area contributed by atoms with Gasteiger partial charge in [0, 0.05) is 6.61 Å². The second kappa shape index (κ2) is 5.89. The van der Waals surface area contributed by atoms with Crippen LogP contribution in [0.25, 0.3) is 0 Å². The molecule has 2 heteroatoms. The predicted molar refractivity (Wildman–Crippen MR) is 61.7 cm³/mol. The highest BCUT2D eigenvalue weighted by Crippen LogP contribution is 2.21. The fourth-order valence-corrected chi connectivity index (χ4v) is 1.45. The van der Waals surface area contributed by atoms with Gasteiger partial charge >= 0.3 is 0 Å². The molecule has 1 aromatic carbocycles. The molecule has 0 amide bonds. The molecule has 15 heavy (non-hydrogen) atoms. The van der Waals surface area contributed by atoms with Crippen molar-refractivity contribution in [3.63, 3.8) is 0 Å². The molecule has 0 spiro atoms. The maximum absolute atomic E-state index is 9.65. The van der Waals surface area contributed by atoms with Crippen LogP contribution in [0.4, 0.5) is 0 Å². The molecular formula is C13H20O2. The van der Waals surface area contributed by atoms with Crippen molar-refractivity contribution < 1.29 is 9.84 Å². The van der Waals surface area contributed by atoms with Crippen molar-refractivity contribution in [2.24, 2.45) is 5.92 Å². The van der Waals surface area contributed by atoms with Crippen LogP contribution >= 0.6 is 0 Å². The van der Waals surface area contributed by atoms with E-state index < -0.39 is 6.10 Å². The first kappa shape index (κ1) is 12.2. The number of rotatable bonds is 5. The molecule has 2 nitrogen and oxygen atoms in total. The molecule has 0 aromatic heterocycles. The first-order valence-electron chi connectivity index (χ1n) is 5.46. The Morgan fingerprint density at radius 1 is 1.13 bits per heavy atom. The van der Waals surface area contributed by atoms with E-state index in [1.165, 1.54) is 0 Å². The van der Waals surface area contributed by atoms with E-state index in [0.717, 1.165) is 5.56 Å². The number of hydrogen-bond donors (Lipinski definition) is 1. The zero-order chi connectivity index (χ0) is 11.3. The number of benzene rings is 1. The van der Waals surface area contributed by atoms with Crippen LogP contribution in [0.3, 0.4) is 0 Å². The zero-order valence-electron chi connectivity index (χ0n) is 9.68. The molecule has 0 aliphatic carbocycles. The monoisotopic (exact) mass is 208 g/mol. The first-order chi connectivity index (χ1) is 7.11. The van der Waals surface area contributed by atoms with Crippen molar-refractivity contribution in [1.82, 2.24) is 0 Å². The van der Waals surface area contributed by atoms with Crippen LogP contribution in [-0.4, -0.2) is 17.8 Å². The molecule has 0 heterocycles. The lowest BCUT2D eigenvalue weighted by atomic mass is 10.1. The van der Waals surface area contributed by atoms with Gasteiger partial charge in [0.2, 0.25) is 0 Å². The van der Waals surface area contributed by atoms with E-state index in [1.807, 2.05) is 30.3 Å². The topological polar surface area (TPSA) is 29.5 Å². The van der Waals surface area contributed by atoms with E-state index in [4.69, 9.17) is 4.74 Å². The van der Waals surface area contributed by atoms with Crippen LogP contribution in [0.5, 0.6) is 0 Å². The lowest BCUT2D eigenvalue weighted by Crippen LogP contribution is -2.20. The van der Waals surface area contributed by atoms with Crippen LogP contribution in [-0.2, 0) is 4.74 Å². The van der Waals surface area contributed by atoms with Gasteiger partial charge in [-0.25, -0.2) is 0 Å². The SMILES string of the molecule is CC(C)COC(c1ccccc1)C(C)O. The van der Waals surface area contributed by atoms with Crippen molar-refractivity contribution in [2.75, 3.05) is 6.61 Å². The number of aliphatic hydroxyl groups is 1. The smallest absolute Gasteiger partial charge is 0.108 e. The van der Waals surface area contributed by atoms with Gasteiger partial charge < -0.3 is 9.84 Å². The summed E-state index contributed by atoms with van der Waals surface area (Å²) in [4.78, 5) is 0. The Bertz CT molecular complexity index is 267. The fraction of sp³-hybridized carbons (Fsp3) is 0.538. The Kier molecular flexibility index (Phi) is 4.79. The summed E-state index contributed by atoms with van der Waals surface area (Å²) in [6.45, 7) is 6.64. The van der Waals surface area contributed by atoms with Crippen molar-refractivity contribution in [1.29, 1.82) is 0 Å². The molecule has 0 saturated heterocycles. The van der Waals surface area contributed by atoms with E-state index >= 15 is 0 Å². The summed E-state index contributed by atoms with van der Waals surface area (Å²) in [6.07, 6.45) is -0.695. The third-order valence-electron chi connectivity index (χ3n) is 2.18. The van der Waals surface area contributed by atoms with Crippen molar-refractivity contribution >= 4 is 0 Å². The summed E-state index contributed by atoms with van der Waals surface area (Å²) in [5, 5.41) is 9.65. The van der Waals surface area contributed by atoms with Gasteiger partial charge in [-0.3, -0.25) is 0 Å². The van der Waals surface area contributed by atoms with Gasteiger partial charge in [0.25, 0.3) is 0 Å². The molecule has 0 aliphatic heterocycles. The minimum absolute atomic E-state index is 0.214. The first-order valence-corrected chi connectivity index (χ1v) is 5.46. The standard InChI is InChI=1S/C13H20O2/c1-10(2)9-15-13(11(3)14)12-7-5-4-6-8-12/h4-8,10-11,13-14H,9H2,1-3H3. The minimum atomic E-state index is -0.480. The summed E-state index contributed by atoms with van der Waals surface area (Å²) in [5.74, 6) is 0.481. The Labute approximate surface area is 91.9 Å². The lowest BCUT2D eigenvalue weighted by Gasteiger charge is -2.22. The summed E-state index contributed by atoms with van der Waals surface area (Å²) >= 11 is 0. The Morgan fingerprint density at radius 3 is 2.20 bits per heavy atom. The maximum Gasteiger partial charge on any atom is 0.108 e. The Hall–Kier alpha value is -0.860. The highest BCUT2D eigenvalue weighted by molar-refractivity contribution is 5.18. The number of ether oxygens (including phenoxy) is 1. The zero-order valence-corrected chi connectivity index (χ0v) is 9.68. The maximum atomic E-state index is 9.65. The number of hydrogen-bond acceptors (Lipinski definition) is 2. The van der Waals surface area contributed by atoms with E-state index in [1.54, 1.807) is 6.92 Å². The molecule has 1 aromatic rings. The summed E-state index contributed by atoms with van der Waals surface area (Å²) < 4.78 is 5.70. The van der Waals surface area contributed by atoms with Gasteiger partial charge in [0.15, 0.2) is 0 Å². The molecule has 0 aliphatic rings. The van der Waals surface area contributed by atoms with Crippen molar-refractivity contribution in [3.8, 4) is 0 Å². The van der Waals surface area contributed by atoms with Gasteiger partial charge in [0.05, 0.1) is 6.10 Å². The molecular weight excluding hydrogens is 188 g/mol. The summed E-state index contributed by atoms with van der Waals surface area (Å²) in [6, 6.07) is 9.85. The van der Waals surface area contributed by atoms with Crippen LogP contribution in [0.15, 0.2) is 30.3 Å². The second-order valence-electron chi connectivity index (χ2n) is 4.30. The van der Waals surface area contributed by atoms with Crippen molar-refractivity contribution in [3.05, 3.63) is 35.9 Å². The van der Waals surface area contributed by atoms with E-state index in [-0.39, 0.29) is 6.10 Å². The predicted octanol–water partition coefficient (Wildman–Crippen LogP) is 2.78. The molecule has 84 valence electrons. The minimum Gasteiger partial charge on any atom is -0.390 e. The van der Waals surface area contributed by atoms with E-state index in [9.17, 15) is 5.11 Å². The van der Waals surface area contributed by atoms with Gasteiger partial charge in [-0.2, -0.15) is 0 Å². The van der Waals surface area contributed by atoms with E-state index in [2.05, 4.69) is 13.8 Å². The highest BCUT2D eigenvalue weighted by atomic mass is 16.5. The molecule has 1 N–H and O–H groups in total. The van der Waals surface area contributed by atoms with Crippen LogP contribution in [0, 0.1) is 5.92 Å². The van der Waals surface area contributed by atoms with Gasteiger partial charge in [-0.1, -0.05) is 44.2 Å². The number of aliphatic hydroxyl groups excluding tert-OH is 1. The normalized spacial score (nSPS) is 15.3. The van der Waals surface area contributed by atoms with Gasteiger partial charge in [-0.05, 0) is 18.4 Å². The van der Waals surface area contributed by atoms with Crippen molar-refractivity contribution in [2.45, 2.75) is 33.0 Å². The third-order valence-corrected chi connectivity index (χ3v) is 2.18. The molecule has 1 rings (SSSR count). The second-order valence-corrected chi connectivity index (χ2v) is 4.30. The van der Waals surface area contributed by atoms with Crippen LogP contribution < -0.4 is 0 Å².